The van der Waals surface area contributed by atoms with Gasteiger partial charge in [0.2, 0.25) is 0 Å². The van der Waals surface area contributed by atoms with Crippen LogP contribution in [0.3, 0.4) is 0 Å². The maximum Gasteiger partial charge on any atom is 0.312 e. The van der Waals surface area contributed by atoms with Crippen molar-refractivity contribution < 1.29 is 19.0 Å². The predicted molar refractivity (Wildman–Crippen MR) is 79.9 cm³/mol. The number of carbonyl (C=O) groups is 1. The largest absolute Gasteiger partial charge is 0.489 e. The first-order valence-corrected chi connectivity index (χ1v) is 6.91. The molecule has 1 aromatic rings. The molecule has 0 aliphatic rings. The Morgan fingerprint density at radius 2 is 1.90 bits per heavy atom. The lowest BCUT2D eigenvalue weighted by molar-refractivity contribution is -0.148. The Morgan fingerprint density at radius 3 is 2.43 bits per heavy atom. The number of hydrogen-bond donors (Lipinski definition) is 2. The lowest BCUT2D eigenvalue weighted by Gasteiger charge is -2.23. The van der Waals surface area contributed by atoms with Gasteiger partial charge in [0.15, 0.2) is 11.6 Å². The van der Waals surface area contributed by atoms with Crippen LogP contribution < -0.4 is 10.1 Å². The zero-order valence-electron chi connectivity index (χ0n) is 13.3. The molecule has 0 atom stereocenters. The minimum Gasteiger partial charge on any atom is -0.489 e. The number of carboxylic acids is 1. The molecule has 2 N–H and O–H groups in total. The molecule has 118 valence electrons. The summed E-state index contributed by atoms with van der Waals surface area (Å²) in [5.41, 5.74) is -0.507. The molecule has 0 bridgehead atoms. The fourth-order valence-electron chi connectivity index (χ4n) is 1.53. The van der Waals surface area contributed by atoms with Gasteiger partial charge in [0.1, 0.15) is 6.61 Å². The van der Waals surface area contributed by atoms with E-state index in [-0.39, 0.29) is 17.9 Å². The Labute approximate surface area is 125 Å². The molecule has 0 aliphatic carbocycles. The molecule has 0 amide bonds. The summed E-state index contributed by atoms with van der Waals surface area (Å²) in [7, 11) is 0. The molecule has 21 heavy (non-hydrogen) atoms. The van der Waals surface area contributed by atoms with Crippen LogP contribution in [0, 0.1) is 11.2 Å². The van der Waals surface area contributed by atoms with Crippen molar-refractivity contribution in [3.8, 4) is 5.75 Å². The van der Waals surface area contributed by atoms with Crippen molar-refractivity contribution in [2.24, 2.45) is 5.41 Å². The summed E-state index contributed by atoms with van der Waals surface area (Å²) in [6.45, 7) is 9.49. The minimum absolute atomic E-state index is 0.0915. The molecule has 0 unspecified atom stereocenters. The maximum atomic E-state index is 13.9. The van der Waals surface area contributed by atoms with Crippen LogP contribution in [0.25, 0.3) is 0 Å². The van der Waals surface area contributed by atoms with Gasteiger partial charge in [-0.15, -0.1) is 0 Å². The van der Waals surface area contributed by atoms with Gasteiger partial charge in [0, 0.05) is 17.6 Å². The van der Waals surface area contributed by atoms with Crippen molar-refractivity contribution in [3.63, 3.8) is 0 Å². The first kappa shape index (κ1) is 17.4. The molecule has 0 aromatic heterocycles. The second-order valence-electron chi connectivity index (χ2n) is 6.81. The van der Waals surface area contributed by atoms with Crippen LogP contribution in [0.1, 0.15) is 40.2 Å². The van der Waals surface area contributed by atoms with Gasteiger partial charge in [-0.3, -0.25) is 4.79 Å². The van der Waals surface area contributed by atoms with Gasteiger partial charge in [-0.1, -0.05) is 12.1 Å². The lowest BCUT2D eigenvalue weighted by Crippen LogP contribution is -2.35. The summed E-state index contributed by atoms with van der Waals surface area (Å²) in [5.74, 6) is -1.35. The number of ether oxygens (including phenoxy) is 1. The molecule has 0 spiro atoms. The molecule has 0 radical (unpaired) electrons. The number of aliphatic carboxylic acids is 1. The Balaban J connectivity index is 2.88. The zero-order valence-corrected chi connectivity index (χ0v) is 13.3. The molecule has 0 saturated heterocycles. The molecule has 0 saturated carbocycles. The Hall–Kier alpha value is -1.62. The number of nitrogens with one attached hydrogen (secondary N) is 1. The van der Waals surface area contributed by atoms with Crippen molar-refractivity contribution >= 4 is 5.97 Å². The van der Waals surface area contributed by atoms with Crippen LogP contribution in [0.2, 0.25) is 0 Å². The number of rotatable bonds is 6. The summed E-state index contributed by atoms with van der Waals surface area (Å²) in [6, 6.07) is 4.69. The van der Waals surface area contributed by atoms with E-state index in [1.807, 2.05) is 20.8 Å². The molecule has 5 heteroatoms. The molecule has 0 heterocycles. The van der Waals surface area contributed by atoms with Gasteiger partial charge >= 0.3 is 5.97 Å². The van der Waals surface area contributed by atoms with Crippen molar-refractivity contribution in [3.05, 3.63) is 29.6 Å². The number of para-hydroxylation sites is 1. The summed E-state index contributed by atoms with van der Waals surface area (Å²) >= 11 is 0. The monoisotopic (exact) mass is 297 g/mol. The third kappa shape index (κ3) is 5.34. The standard InChI is InChI=1S/C16H24FNO3/c1-15(2,3)18-9-11-7-6-8-12(17)13(11)21-10-16(4,5)14(19)20/h6-8,18H,9-10H2,1-5H3,(H,19,20). The number of hydrogen-bond acceptors (Lipinski definition) is 3. The van der Waals surface area contributed by atoms with Crippen LogP contribution in [-0.4, -0.2) is 23.2 Å². The zero-order chi connectivity index (χ0) is 16.3. The highest BCUT2D eigenvalue weighted by molar-refractivity contribution is 5.73. The highest BCUT2D eigenvalue weighted by Gasteiger charge is 2.29. The number of halogens is 1. The van der Waals surface area contributed by atoms with Gasteiger partial charge < -0.3 is 15.2 Å². The third-order valence-corrected chi connectivity index (χ3v) is 3.01. The second-order valence-corrected chi connectivity index (χ2v) is 6.81. The normalized spacial score (nSPS) is 12.3. The minimum atomic E-state index is -1.07. The van der Waals surface area contributed by atoms with E-state index < -0.39 is 17.2 Å². The van der Waals surface area contributed by atoms with E-state index in [2.05, 4.69) is 5.32 Å². The summed E-state index contributed by atoms with van der Waals surface area (Å²) in [5, 5.41) is 12.3. The van der Waals surface area contributed by atoms with Crippen LogP contribution in [-0.2, 0) is 11.3 Å². The Bertz CT molecular complexity index is 507. The molecular formula is C16H24FNO3. The highest BCUT2D eigenvalue weighted by Crippen LogP contribution is 2.26. The van der Waals surface area contributed by atoms with Crippen molar-refractivity contribution in [1.29, 1.82) is 0 Å². The summed E-state index contributed by atoms with van der Waals surface area (Å²) < 4.78 is 19.4. The molecule has 0 aliphatic heterocycles. The predicted octanol–water partition coefficient (Wildman–Crippen LogP) is 3.20. The van der Waals surface area contributed by atoms with Gasteiger partial charge in [0.05, 0.1) is 5.41 Å². The van der Waals surface area contributed by atoms with Crippen LogP contribution in [0.15, 0.2) is 18.2 Å². The number of carboxylic acid groups (broad SMARTS) is 1. The Kier molecular flexibility index (Phi) is 5.34. The van der Waals surface area contributed by atoms with E-state index in [9.17, 15) is 9.18 Å². The van der Waals surface area contributed by atoms with E-state index in [1.54, 1.807) is 26.0 Å². The lowest BCUT2D eigenvalue weighted by atomic mass is 9.95. The highest BCUT2D eigenvalue weighted by atomic mass is 19.1. The van der Waals surface area contributed by atoms with E-state index >= 15 is 0 Å². The number of benzene rings is 1. The fraction of sp³-hybridized carbons (Fsp3) is 0.562. The SMILES string of the molecule is CC(C)(C)NCc1cccc(F)c1OCC(C)(C)C(=O)O. The van der Waals surface area contributed by atoms with Gasteiger partial charge in [-0.25, -0.2) is 4.39 Å². The molecular weight excluding hydrogens is 273 g/mol. The van der Waals surface area contributed by atoms with Crippen LogP contribution in [0.5, 0.6) is 5.75 Å². The maximum absolute atomic E-state index is 13.9. The fourth-order valence-corrected chi connectivity index (χ4v) is 1.53. The first-order valence-electron chi connectivity index (χ1n) is 6.91. The van der Waals surface area contributed by atoms with Crippen LogP contribution >= 0.6 is 0 Å². The van der Waals surface area contributed by atoms with Gasteiger partial charge in [0.25, 0.3) is 0 Å². The van der Waals surface area contributed by atoms with E-state index in [4.69, 9.17) is 9.84 Å². The van der Waals surface area contributed by atoms with Crippen LogP contribution in [0.4, 0.5) is 4.39 Å². The third-order valence-electron chi connectivity index (χ3n) is 3.01. The van der Waals surface area contributed by atoms with Gasteiger partial charge in [-0.2, -0.15) is 0 Å². The van der Waals surface area contributed by atoms with Gasteiger partial charge in [-0.05, 0) is 40.7 Å². The average molecular weight is 297 g/mol. The molecule has 1 rings (SSSR count). The summed E-state index contributed by atoms with van der Waals surface area (Å²) in [6.07, 6.45) is 0. The van der Waals surface area contributed by atoms with Crippen molar-refractivity contribution in [2.75, 3.05) is 6.61 Å². The smallest absolute Gasteiger partial charge is 0.312 e. The molecule has 1 aromatic carbocycles. The summed E-state index contributed by atoms with van der Waals surface area (Å²) in [4.78, 5) is 11.1. The van der Waals surface area contributed by atoms with Crippen molar-refractivity contribution in [2.45, 2.75) is 46.7 Å². The topological polar surface area (TPSA) is 58.6 Å². The average Bonchev–Trinajstić information content (AvgIpc) is 2.34. The molecule has 0 fully saturated rings. The Morgan fingerprint density at radius 1 is 1.29 bits per heavy atom. The van der Waals surface area contributed by atoms with E-state index in [0.717, 1.165) is 0 Å². The van der Waals surface area contributed by atoms with E-state index in [1.165, 1.54) is 6.07 Å². The second kappa shape index (κ2) is 6.43. The molecule has 4 nitrogen and oxygen atoms in total. The van der Waals surface area contributed by atoms with E-state index in [0.29, 0.717) is 12.1 Å². The van der Waals surface area contributed by atoms with Crippen molar-refractivity contribution in [1.82, 2.24) is 5.32 Å². The quantitative estimate of drug-likeness (QED) is 0.846. The first-order chi connectivity index (χ1) is 9.53.